The van der Waals surface area contributed by atoms with Crippen molar-refractivity contribution in [2.45, 2.75) is 37.4 Å². The lowest BCUT2D eigenvalue weighted by Gasteiger charge is -2.18. The van der Waals surface area contributed by atoms with Crippen molar-refractivity contribution < 1.29 is 4.79 Å². The van der Waals surface area contributed by atoms with Crippen molar-refractivity contribution in [3.05, 3.63) is 0 Å². The second-order valence-electron chi connectivity index (χ2n) is 3.31. The summed E-state index contributed by atoms with van der Waals surface area (Å²) in [5.41, 5.74) is 0. The largest absolute Gasteiger partial charge is 0.320 e. The van der Waals surface area contributed by atoms with E-state index in [0.717, 1.165) is 25.8 Å². The van der Waals surface area contributed by atoms with Gasteiger partial charge >= 0.3 is 0 Å². The van der Waals surface area contributed by atoms with Gasteiger partial charge in [0.15, 0.2) is 0 Å². The van der Waals surface area contributed by atoms with Gasteiger partial charge in [-0.1, -0.05) is 22.4 Å². The number of halogens is 1. The van der Waals surface area contributed by atoms with Crippen molar-refractivity contribution in [1.82, 2.24) is 5.32 Å². The van der Waals surface area contributed by atoms with Gasteiger partial charge in [0, 0.05) is 0 Å². The first kappa shape index (κ1) is 12.1. The summed E-state index contributed by atoms with van der Waals surface area (Å²) in [6.07, 6.45) is 3.14. The normalized spacial score (nSPS) is 15.7. The molecule has 0 aliphatic rings. The van der Waals surface area contributed by atoms with Crippen molar-refractivity contribution in [2.75, 3.05) is 13.6 Å². The summed E-state index contributed by atoms with van der Waals surface area (Å²) in [5.74, 6) is 0.215. The minimum absolute atomic E-state index is 0.215. The first-order valence-corrected chi connectivity index (χ1v) is 5.14. The van der Waals surface area contributed by atoms with E-state index in [1.807, 2.05) is 14.0 Å². The molecular weight excluding hydrogens is 218 g/mol. The zero-order valence-electron chi connectivity index (χ0n) is 8.11. The summed E-state index contributed by atoms with van der Waals surface area (Å²) in [5, 5.41) is 3.08. The molecule has 0 radical (unpaired) electrons. The second-order valence-corrected chi connectivity index (χ2v) is 5.06. The fourth-order valence-corrected chi connectivity index (χ4v) is 1.22. The molecule has 0 spiro atoms. The molecule has 0 aliphatic heterocycles. The number of ketones is 1. The molecule has 0 fully saturated rings. The second kappa shape index (κ2) is 5.70. The van der Waals surface area contributed by atoms with E-state index in [2.05, 4.69) is 21.2 Å². The average molecular weight is 236 g/mol. The van der Waals surface area contributed by atoms with E-state index in [1.54, 1.807) is 6.92 Å². The molecule has 1 unspecified atom stereocenters. The fourth-order valence-electron chi connectivity index (χ4n) is 0.935. The molecule has 1 atom stereocenters. The standard InChI is InChI=1S/C9H18BrNO/c1-8(12)9(2,10)6-4-5-7-11-3/h11H,4-7H2,1-3H3. The van der Waals surface area contributed by atoms with Crippen LogP contribution in [0, 0.1) is 0 Å². The molecule has 0 aliphatic carbocycles. The van der Waals surface area contributed by atoms with E-state index in [9.17, 15) is 4.79 Å². The first-order chi connectivity index (χ1) is 5.50. The Morgan fingerprint density at radius 3 is 2.50 bits per heavy atom. The highest BCUT2D eigenvalue weighted by molar-refractivity contribution is 9.10. The number of rotatable bonds is 6. The number of hydrogen-bond donors (Lipinski definition) is 1. The Balaban J connectivity index is 3.54. The zero-order chi connectivity index (χ0) is 9.61. The van der Waals surface area contributed by atoms with Crippen LogP contribution < -0.4 is 5.32 Å². The molecule has 0 heterocycles. The van der Waals surface area contributed by atoms with E-state index in [1.165, 1.54) is 0 Å². The predicted octanol–water partition coefficient (Wildman–Crippen LogP) is 2.12. The summed E-state index contributed by atoms with van der Waals surface area (Å²) < 4.78 is -0.305. The van der Waals surface area contributed by atoms with E-state index < -0.39 is 0 Å². The molecule has 0 aromatic carbocycles. The molecule has 12 heavy (non-hydrogen) atoms. The molecule has 0 amide bonds. The lowest BCUT2D eigenvalue weighted by molar-refractivity contribution is -0.118. The fraction of sp³-hybridized carbons (Fsp3) is 0.889. The van der Waals surface area contributed by atoms with Gasteiger partial charge in [0.2, 0.25) is 0 Å². The van der Waals surface area contributed by atoms with Crippen LogP contribution in [0.25, 0.3) is 0 Å². The van der Waals surface area contributed by atoms with Crippen LogP contribution in [0.15, 0.2) is 0 Å². The van der Waals surface area contributed by atoms with Crippen LogP contribution in [0.5, 0.6) is 0 Å². The summed E-state index contributed by atoms with van der Waals surface area (Å²) >= 11 is 3.43. The molecule has 72 valence electrons. The Labute approximate surface area is 83.2 Å². The molecule has 0 aromatic heterocycles. The Morgan fingerprint density at radius 2 is 2.08 bits per heavy atom. The number of hydrogen-bond acceptors (Lipinski definition) is 2. The van der Waals surface area contributed by atoms with Crippen molar-refractivity contribution in [2.24, 2.45) is 0 Å². The van der Waals surface area contributed by atoms with Gasteiger partial charge in [-0.3, -0.25) is 4.79 Å². The minimum atomic E-state index is -0.305. The highest BCUT2D eigenvalue weighted by atomic mass is 79.9. The van der Waals surface area contributed by atoms with Crippen LogP contribution in [0.1, 0.15) is 33.1 Å². The summed E-state index contributed by atoms with van der Waals surface area (Å²) in [4.78, 5) is 11.1. The van der Waals surface area contributed by atoms with Crippen molar-refractivity contribution in [1.29, 1.82) is 0 Å². The molecule has 0 saturated heterocycles. The van der Waals surface area contributed by atoms with Crippen LogP contribution in [-0.4, -0.2) is 23.7 Å². The van der Waals surface area contributed by atoms with Gasteiger partial charge < -0.3 is 5.32 Å². The molecule has 0 rings (SSSR count). The van der Waals surface area contributed by atoms with E-state index >= 15 is 0 Å². The Hall–Kier alpha value is 0.110. The molecule has 2 nitrogen and oxygen atoms in total. The van der Waals surface area contributed by atoms with Gasteiger partial charge in [-0.15, -0.1) is 0 Å². The smallest absolute Gasteiger partial charge is 0.146 e. The minimum Gasteiger partial charge on any atom is -0.320 e. The quantitative estimate of drug-likeness (QED) is 0.565. The van der Waals surface area contributed by atoms with E-state index in [0.29, 0.717) is 0 Å². The monoisotopic (exact) mass is 235 g/mol. The Kier molecular flexibility index (Phi) is 5.76. The molecule has 1 N–H and O–H groups in total. The average Bonchev–Trinajstić information content (AvgIpc) is 1.98. The molecular formula is C9H18BrNO. The maximum absolute atomic E-state index is 11.1. The number of Topliss-reactive ketones (excluding diaryl/α,β-unsaturated/α-hetero) is 1. The molecule has 0 bridgehead atoms. The van der Waals surface area contributed by atoms with E-state index in [4.69, 9.17) is 0 Å². The van der Waals surface area contributed by atoms with Gasteiger partial charge in [-0.2, -0.15) is 0 Å². The summed E-state index contributed by atoms with van der Waals surface area (Å²) in [6, 6.07) is 0. The first-order valence-electron chi connectivity index (χ1n) is 4.35. The van der Waals surface area contributed by atoms with Gasteiger partial charge in [0.25, 0.3) is 0 Å². The van der Waals surface area contributed by atoms with Crippen LogP contribution in [-0.2, 0) is 4.79 Å². The van der Waals surface area contributed by atoms with Gasteiger partial charge in [0.1, 0.15) is 5.78 Å². The predicted molar refractivity (Wildman–Crippen MR) is 55.8 cm³/mol. The Morgan fingerprint density at radius 1 is 1.50 bits per heavy atom. The SMILES string of the molecule is CNCCCCC(C)(Br)C(C)=O. The summed E-state index contributed by atoms with van der Waals surface area (Å²) in [6.45, 7) is 4.60. The number of nitrogens with one attached hydrogen (secondary N) is 1. The topological polar surface area (TPSA) is 29.1 Å². The van der Waals surface area contributed by atoms with Crippen LogP contribution in [0.3, 0.4) is 0 Å². The maximum Gasteiger partial charge on any atom is 0.146 e. The third-order valence-corrected chi connectivity index (χ3v) is 3.01. The number of carbonyl (C=O) groups excluding carboxylic acids is 1. The number of carbonyl (C=O) groups is 1. The molecule has 0 saturated carbocycles. The van der Waals surface area contributed by atoms with Crippen LogP contribution in [0.2, 0.25) is 0 Å². The van der Waals surface area contributed by atoms with Gasteiger partial charge in [-0.25, -0.2) is 0 Å². The summed E-state index contributed by atoms with van der Waals surface area (Å²) in [7, 11) is 1.94. The van der Waals surface area contributed by atoms with Gasteiger partial charge in [0.05, 0.1) is 4.32 Å². The molecule has 0 aromatic rings. The number of unbranched alkanes of at least 4 members (excludes halogenated alkanes) is 1. The Bertz CT molecular complexity index is 145. The van der Waals surface area contributed by atoms with Crippen molar-refractivity contribution >= 4 is 21.7 Å². The molecule has 3 heteroatoms. The highest BCUT2D eigenvalue weighted by Crippen LogP contribution is 2.24. The van der Waals surface area contributed by atoms with Gasteiger partial charge in [-0.05, 0) is 40.3 Å². The third kappa shape index (κ3) is 4.88. The third-order valence-electron chi connectivity index (χ3n) is 2.06. The lowest BCUT2D eigenvalue weighted by Crippen LogP contribution is -2.25. The van der Waals surface area contributed by atoms with Crippen LogP contribution >= 0.6 is 15.9 Å². The zero-order valence-corrected chi connectivity index (χ0v) is 9.70. The van der Waals surface area contributed by atoms with Crippen molar-refractivity contribution in [3.8, 4) is 0 Å². The maximum atomic E-state index is 11.1. The highest BCUT2D eigenvalue weighted by Gasteiger charge is 2.24. The lowest BCUT2D eigenvalue weighted by atomic mass is 10.0. The van der Waals surface area contributed by atoms with E-state index in [-0.39, 0.29) is 10.1 Å². The number of alkyl halides is 1. The van der Waals surface area contributed by atoms with Crippen molar-refractivity contribution in [3.63, 3.8) is 0 Å². The van der Waals surface area contributed by atoms with Crippen LogP contribution in [0.4, 0.5) is 0 Å².